The monoisotopic (exact) mass is 264 g/mol. The number of hydrogen-bond acceptors (Lipinski definition) is 0. The summed E-state index contributed by atoms with van der Waals surface area (Å²) >= 11 is 1.49. The van der Waals surface area contributed by atoms with E-state index in [0.717, 1.165) is 0 Å². The Balaban J connectivity index is 3.72. The van der Waals surface area contributed by atoms with Crippen LogP contribution in [0.2, 0.25) is 0 Å². The molecule has 0 bridgehead atoms. The van der Waals surface area contributed by atoms with E-state index in [0.29, 0.717) is 0 Å². The van der Waals surface area contributed by atoms with E-state index in [2.05, 4.69) is 17.9 Å². The van der Waals surface area contributed by atoms with E-state index < -0.39 is 0 Å². The van der Waals surface area contributed by atoms with Gasteiger partial charge in [-0.25, -0.2) is 0 Å². The van der Waals surface area contributed by atoms with Gasteiger partial charge in [0.2, 0.25) is 0 Å². The van der Waals surface area contributed by atoms with Gasteiger partial charge in [-0.1, -0.05) is 0 Å². The summed E-state index contributed by atoms with van der Waals surface area (Å²) in [6.45, 7) is 5.63. The third-order valence-electron chi connectivity index (χ3n) is 0.567. The molecule has 0 saturated carbocycles. The van der Waals surface area contributed by atoms with E-state index in [1.165, 1.54) is 24.9 Å². The van der Waals surface area contributed by atoms with Crippen LogP contribution in [0.1, 0.15) is 6.92 Å². The second-order valence-corrected chi connectivity index (χ2v) is 2.11. The summed E-state index contributed by atoms with van der Waals surface area (Å²) in [6.07, 6.45) is 3.79. The molecule has 7 heavy (non-hydrogen) atoms. The standard InChI is InChI=1S/C6H8.W/c1-4-5-6(2)3;/h2,4-5H,1H2,3H3;/b6-5+;. The Morgan fingerprint density at radius 2 is 2.29 bits per heavy atom. The molecule has 0 saturated heterocycles. The van der Waals surface area contributed by atoms with Gasteiger partial charge in [0.05, 0.1) is 0 Å². The zero-order valence-electron chi connectivity index (χ0n) is 4.35. The fourth-order valence-corrected chi connectivity index (χ4v) is 0.507. The Morgan fingerprint density at radius 3 is 2.43 bits per heavy atom. The minimum absolute atomic E-state index is 1.30. The summed E-state index contributed by atoms with van der Waals surface area (Å²) < 4.78 is 2.13. The van der Waals surface area contributed by atoms with Gasteiger partial charge in [-0.15, -0.1) is 0 Å². The molecule has 0 nitrogen and oxygen atoms in total. The van der Waals surface area contributed by atoms with E-state index in [9.17, 15) is 0 Å². The molecule has 0 unspecified atom stereocenters. The topological polar surface area (TPSA) is 0 Å². The van der Waals surface area contributed by atoms with Gasteiger partial charge in [0.25, 0.3) is 0 Å². The van der Waals surface area contributed by atoms with E-state index in [1.54, 1.807) is 6.08 Å². The quantitative estimate of drug-likeness (QED) is 0.662. The first-order valence-corrected chi connectivity index (χ1v) is 3.75. The molecule has 0 aromatic heterocycles. The molecular formula is C6H8W. The second kappa shape index (κ2) is 4.20. The molecule has 1 heteroatoms. The van der Waals surface area contributed by atoms with Gasteiger partial charge >= 0.3 is 55.0 Å². The molecule has 0 aromatic rings. The van der Waals surface area contributed by atoms with Gasteiger partial charge in [-0.2, -0.15) is 0 Å². The van der Waals surface area contributed by atoms with Crippen molar-refractivity contribution in [1.29, 1.82) is 0 Å². The third kappa shape index (κ3) is 3.88. The van der Waals surface area contributed by atoms with E-state index in [4.69, 9.17) is 0 Å². The molecular weight excluding hydrogens is 256 g/mol. The molecule has 0 aromatic carbocycles. The normalized spacial score (nSPS) is 10.7. The van der Waals surface area contributed by atoms with Gasteiger partial charge in [-0.05, 0) is 0 Å². The molecule has 0 spiro atoms. The average Bonchev–Trinajstić information content (AvgIpc) is 1.68. The van der Waals surface area contributed by atoms with Crippen LogP contribution in [-0.2, 0) is 19.4 Å². The van der Waals surface area contributed by atoms with Crippen molar-refractivity contribution in [3.05, 3.63) is 24.3 Å². The van der Waals surface area contributed by atoms with Crippen molar-refractivity contribution in [3.8, 4) is 0 Å². The Labute approximate surface area is 55.3 Å². The van der Waals surface area contributed by atoms with Crippen molar-refractivity contribution >= 4 is 4.40 Å². The van der Waals surface area contributed by atoms with Gasteiger partial charge in [0.1, 0.15) is 0 Å². The predicted octanol–water partition coefficient (Wildman–Crippen LogP) is 1.47. The van der Waals surface area contributed by atoms with Gasteiger partial charge in [0.15, 0.2) is 0 Å². The molecule has 0 aliphatic rings. The summed E-state index contributed by atoms with van der Waals surface area (Å²) in [5, 5.41) is 0. The summed E-state index contributed by atoms with van der Waals surface area (Å²) in [7, 11) is 0. The van der Waals surface area contributed by atoms with Crippen molar-refractivity contribution < 1.29 is 19.4 Å². The summed E-state index contributed by atoms with van der Waals surface area (Å²) in [6, 6.07) is 0. The fourth-order valence-electron chi connectivity index (χ4n) is 0.225. The Bertz CT molecular complexity index is 101. The van der Waals surface area contributed by atoms with E-state index in [-0.39, 0.29) is 0 Å². The molecule has 0 aliphatic carbocycles. The summed E-state index contributed by atoms with van der Waals surface area (Å²) in [4.78, 5) is 0. The van der Waals surface area contributed by atoms with Crippen LogP contribution in [0.5, 0.6) is 0 Å². The summed E-state index contributed by atoms with van der Waals surface area (Å²) in [5.74, 6) is 0. The fraction of sp³-hybridized carbons (Fsp3) is 0.167. The molecule has 0 fully saturated rings. The molecule has 0 radical (unpaired) electrons. The molecule has 0 aliphatic heterocycles. The van der Waals surface area contributed by atoms with Crippen LogP contribution < -0.4 is 0 Å². The van der Waals surface area contributed by atoms with Crippen LogP contribution in [0.3, 0.4) is 0 Å². The van der Waals surface area contributed by atoms with Crippen LogP contribution >= 0.6 is 0 Å². The zero-order chi connectivity index (χ0) is 5.70. The van der Waals surface area contributed by atoms with E-state index in [1.807, 2.05) is 6.08 Å². The van der Waals surface area contributed by atoms with Crippen LogP contribution in [0.15, 0.2) is 24.3 Å². The van der Waals surface area contributed by atoms with Crippen LogP contribution in [0.25, 0.3) is 0 Å². The van der Waals surface area contributed by atoms with E-state index >= 15 is 0 Å². The van der Waals surface area contributed by atoms with Crippen LogP contribution in [0.4, 0.5) is 0 Å². The maximum atomic E-state index is 3.56. The van der Waals surface area contributed by atoms with Crippen molar-refractivity contribution in [2.45, 2.75) is 6.92 Å². The van der Waals surface area contributed by atoms with Gasteiger partial charge in [0, 0.05) is 0 Å². The second-order valence-electron chi connectivity index (χ2n) is 1.26. The first kappa shape index (κ1) is 7.04. The Kier molecular flexibility index (Phi) is 4.23. The SMILES string of the molecule is C=C/C=C(/C)[CH]=[W]. The third-order valence-corrected chi connectivity index (χ3v) is 1.90. The number of allylic oxidation sites excluding steroid dienone is 3. The van der Waals surface area contributed by atoms with Crippen LogP contribution in [0, 0.1) is 0 Å². The molecule has 0 rings (SSSR count). The minimum atomic E-state index is 1.30. The van der Waals surface area contributed by atoms with Crippen LogP contribution in [-0.4, -0.2) is 4.40 Å². The molecule has 0 heterocycles. The average molecular weight is 264 g/mol. The first-order valence-electron chi connectivity index (χ1n) is 2.05. The number of rotatable bonds is 2. The molecule has 38 valence electrons. The van der Waals surface area contributed by atoms with Gasteiger partial charge in [-0.3, -0.25) is 0 Å². The Hall–Kier alpha value is 0.0383. The predicted molar refractivity (Wildman–Crippen MR) is 30.0 cm³/mol. The molecule has 0 atom stereocenters. The maximum absolute atomic E-state index is 3.56. The number of hydrogen-bond donors (Lipinski definition) is 0. The van der Waals surface area contributed by atoms with Crippen molar-refractivity contribution in [1.82, 2.24) is 0 Å². The van der Waals surface area contributed by atoms with Crippen molar-refractivity contribution in [2.24, 2.45) is 0 Å². The molecule has 0 N–H and O–H groups in total. The van der Waals surface area contributed by atoms with Gasteiger partial charge < -0.3 is 0 Å². The van der Waals surface area contributed by atoms with Crippen molar-refractivity contribution in [2.75, 3.05) is 0 Å². The Morgan fingerprint density at radius 1 is 1.71 bits per heavy atom. The zero-order valence-corrected chi connectivity index (χ0v) is 7.28. The molecule has 0 amide bonds. The van der Waals surface area contributed by atoms with Crippen molar-refractivity contribution in [3.63, 3.8) is 0 Å². The first-order chi connectivity index (χ1) is 3.31. The summed E-state index contributed by atoms with van der Waals surface area (Å²) in [5.41, 5.74) is 1.30.